The Morgan fingerprint density at radius 1 is 1.14 bits per heavy atom. The zero-order valence-electron chi connectivity index (χ0n) is 15.9. The van der Waals surface area contributed by atoms with E-state index in [1.54, 1.807) is 27.7 Å². The molecule has 1 aliphatic heterocycles. The molecule has 0 N–H and O–H groups in total. The molecule has 28 heavy (non-hydrogen) atoms. The summed E-state index contributed by atoms with van der Waals surface area (Å²) in [7, 11) is -1.40. The van der Waals surface area contributed by atoms with Gasteiger partial charge >= 0.3 is 13.3 Å². The molecule has 0 spiro atoms. The molecule has 156 valence electrons. The summed E-state index contributed by atoms with van der Waals surface area (Å²) in [5, 5.41) is 0. The van der Waals surface area contributed by atoms with Gasteiger partial charge in [0.05, 0.1) is 17.8 Å². The van der Waals surface area contributed by atoms with Crippen LogP contribution in [0.2, 0.25) is 0 Å². The van der Waals surface area contributed by atoms with Gasteiger partial charge < -0.3 is 14.0 Å². The second kappa shape index (κ2) is 8.42. The molecule has 10 heteroatoms. The van der Waals surface area contributed by atoms with Crippen molar-refractivity contribution in [2.75, 3.05) is 13.2 Å². The van der Waals surface area contributed by atoms with Crippen molar-refractivity contribution in [1.82, 2.24) is 0 Å². The van der Waals surface area contributed by atoms with Crippen molar-refractivity contribution < 1.29 is 36.0 Å². The normalized spacial score (nSPS) is 19.7. The number of ether oxygens (including phenoxy) is 1. The number of benzene rings is 1. The lowest BCUT2D eigenvalue weighted by Crippen LogP contribution is -2.41. The Balaban J connectivity index is 2.34. The summed E-state index contributed by atoms with van der Waals surface area (Å²) in [6, 6.07) is 3.91. The van der Waals surface area contributed by atoms with Crippen LogP contribution in [0.15, 0.2) is 28.4 Å². The number of halogens is 6. The van der Waals surface area contributed by atoms with Gasteiger partial charge in [-0.05, 0) is 57.9 Å². The fraction of sp³-hybridized carbons (Fsp3) is 0.556. The van der Waals surface area contributed by atoms with E-state index in [0.717, 1.165) is 6.07 Å². The van der Waals surface area contributed by atoms with Crippen molar-refractivity contribution in [3.05, 3.63) is 39.8 Å². The first-order chi connectivity index (χ1) is 12.7. The molecule has 0 bridgehead atoms. The molecule has 1 aliphatic rings. The number of rotatable bonds is 6. The number of hydrogen-bond donors (Lipinski definition) is 0. The van der Waals surface area contributed by atoms with Crippen LogP contribution in [0.1, 0.15) is 39.7 Å². The van der Waals surface area contributed by atoms with E-state index in [-0.39, 0.29) is 17.6 Å². The maximum atomic E-state index is 15.3. The highest BCUT2D eigenvalue weighted by Gasteiger charge is 2.53. The highest BCUT2D eigenvalue weighted by Crippen LogP contribution is 2.41. The second-order valence-corrected chi connectivity index (χ2v) is 8.37. The summed E-state index contributed by atoms with van der Waals surface area (Å²) in [6.45, 7) is 4.99. The zero-order chi connectivity index (χ0) is 21.3. The summed E-state index contributed by atoms with van der Waals surface area (Å²) in [5.74, 6) is -0.722. The second-order valence-electron chi connectivity index (χ2n) is 7.46. The van der Waals surface area contributed by atoms with Gasteiger partial charge in [0.15, 0.2) is 0 Å². The molecule has 0 saturated carbocycles. The molecule has 0 amide bonds. The molecule has 0 atom stereocenters. The third-order valence-corrected chi connectivity index (χ3v) is 5.26. The Bertz CT molecular complexity index is 733. The van der Waals surface area contributed by atoms with Gasteiger partial charge in [-0.15, -0.1) is 0 Å². The summed E-state index contributed by atoms with van der Waals surface area (Å²) in [6.07, 6.45) is -4.80. The van der Waals surface area contributed by atoms with E-state index in [4.69, 9.17) is 9.31 Å². The van der Waals surface area contributed by atoms with Crippen LogP contribution < -0.4 is 0 Å². The zero-order valence-corrected chi connectivity index (χ0v) is 17.5. The molecule has 3 nitrogen and oxygen atoms in total. The third-order valence-electron chi connectivity index (χ3n) is 4.76. The molecule has 0 aliphatic carbocycles. The van der Waals surface area contributed by atoms with E-state index in [9.17, 15) is 17.6 Å². The van der Waals surface area contributed by atoms with E-state index in [2.05, 4.69) is 20.7 Å². The topological polar surface area (TPSA) is 27.7 Å². The SMILES string of the molecule is CC1(C)OB(C(F)=C(CCOCC(F)(F)F)c2cc(Br)ccc2F)OC1(C)C. The quantitative estimate of drug-likeness (QED) is 0.295. The van der Waals surface area contributed by atoms with Crippen LogP contribution in [0.5, 0.6) is 0 Å². The van der Waals surface area contributed by atoms with E-state index < -0.39 is 49.3 Å². The molecule has 1 heterocycles. The standard InChI is InChI=1S/C18H21BBrF5O3/c1-16(2)17(3,4)28-19(27-16)15(22)12(7-8-26-10-18(23,24)25)13-9-11(20)5-6-14(13)21/h5-6,9H,7-8,10H2,1-4H3. The number of alkyl halides is 3. The Morgan fingerprint density at radius 3 is 2.25 bits per heavy atom. The molecule has 0 aromatic heterocycles. The summed E-state index contributed by atoms with van der Waals surface area (Å²) in [4.78, 5) is 0. The molecular weight excluding hydrogens is 450 g/mol. The molecule has 0 radical (unpaired) electrons. The fourth-order valence-corrected chi connectivity index (χ4v) is 2.92. The van der Waals surface area contributed by atoms with E-state index in [0.29, 0.717) is 4.47 Å². The van der Waals surface area contributed by atoms with Gasteiger partial charge in [0.2, 0.25) is 0 Å². The first-order valence-corrected chi connectivity index (χ1v) is 9.37. The van der Waals surface area contributed by atoms with E-state index in [1.165, 1.54) is 12.1 Å². The van der Waals surface area contributed by atoms with Crippen molar-refractivity contribution in [2.45, 2.75) is 51.5 Å². The molecule has 1 aromatic carbocycles. The smallest absolute Gasteiger partial charge is 0.398 e. The molecule has 1 fully saturated rings. The molecule has 1 saturated heterocycles. The minimum absolute atomic E-state index is 0.0998. The Hall–Kier alpha value is -0.965. The van der Waals surface area contributed by atoms with Gasteiger partial charge in [-0.3, -0.25) is 0 Å². The van der Waals surface area contributed by atoms with Crippen molar-refractivity contribution >= 4 is 28.6 Å². The molecule has 1 aromatic rings. The molecule has 0 unspecified atom stereocenters. The third kappa shape index (κ3) is 5.55. The van der Waals surface area contributed by atoms with Crippen LogP contribution in [0.3, 0.4) is 0 Å². The van der Waals surface area contributed by atoms with Gasteiger partial charge in [-0.1, -0.05) is 15.9 Å². The first kappa shape index (κ1) is 23.3. The van der Waals surface area contributed by atoms with Gasteiger partial charge in [0.25, 0.3) is 0 Å². The van der Waals surface area contributed by atoms with Crippen molar-refractivity contribution in [1.29, 1.82) is 0 Å². The van der Waals surface area contributed by atoms with Gasteiger partial charge in [-0.25, -0.2) is 8.78 Å². The Morgan fingerprint density at radius 2 is 1.71 bits per heavy atom. The predicted molar refractivity (Wildman–Crippen MR) is 99.7 cm³/mol. The van der Waals surface area contributed by atoms with Crippen molar-refractivity contribution in [3.8, 4) is 0 Å². The average molecular weight is 471 g/mol. The van der Waals surface area contributed by atoms with E-state index in [1.807, 2.05) is 0 Å². The predicted octanol–water partition coefficient (Wildman–Crippen LogP) is 5.87. The number of hydrogen-bond acceptors (Lipinski definition) is 3. The molecule has 2 rings (SSSR count). The fourth-order valence-electron chi connectivity index (χ4n) is 2.56. The van der Waals surface area contributed by atoms with Crippen molar-refractivity contribution in [2.24, 2.45) is 0 Å². The lowest BCUT2D eigenvalue weighted by Gasteiger charge is -2.32. The van der Waals surface area contributed by atoms with Crippen LogP contribution >= 0.6 is 15.9 Å². The lowest BCUT2D eigenvalue weighted by molar-refractivity contribution is -0.173. The van der Waals surface area contributed by atoms with Gasteiger partial charge in [0, 0.05) is 10.0 Å². The van der Waals surface area contributed by atoms with Gasteiger partial charge in [0.1, 0.15) is 18.2 Å². The maximum absolute atomic E-state index is 15.3. The van der Waals surface area contributed by atoms with Crippen LogP contribution in [0.4, 0.5) is 22.0 Å². The van der Waals surface area contributed by atoms with Crippen LogP contribution in [0, 0.1) is 5.82 Å². The Kier molecular flexibility index (Phi) is 7.01. The minimum atomic E-state index is -4.50. The monoisotopic (exact) mass is 470 g/mol. The Labute approximate surface area is 169 Å². The maximum Gasteiger partial charge on any atom is 0.525 e. The van der Waals surface area contributed by atoms with Crippen molar-refractivity contribution in [3.63, 3.8) is 0 Å². The van der Waals surface area contributed by atoms with Crippen LogP contribution in [-0.2, 0) is 14.0 Å². The van der Waals surface area contributed by atoms with Crippen LogP contribution in [0.25, 0.3) is 5.57 Å². The highest BCUT2D eigenvalue weighted by molar-refractivity contribution is 9.10. The van der Waals surface area contributed by atoms with Crippen LogP contribution in [-0.4, -0.2) is 37.7 Å². The van der Waals surface area contributed by atoms with E-state index >= 15 is 4.39 Å². The average Bonchev–Trinajstić information content (AvgIpc) is 2.77. The summed E-state index contributed by atoms with van der Waals surface area (Å²) in [5.41, 5.74) is -2.83. The largest absolute Gasteiger partial charge is 0.525 e. The first-order valence-electron chi connectivity index (χ1n) is 8.57. The van der Waals surface area contributed by atoms with Gasteiger partial charge in [-0.2, -0.15) is 13.2 Å². The lowest BCUT2D eigenvalue weighted by atomic mass is 9.81. The minimum Gasteiger partial charge on any atom is -0.398 e. The highest BCUT2D eigenvalue weighted by atomic mass is 79.9. The summed E-state index contributed by atoms with van der Waals surface area (Å²) >= 11 is 3.19. The molecular formula is C18H21BBrF5O3. The summed E-state index contributed by atoms with van der Waals surface area (Å²) < 4.78 is 82.8.